The maximum atomic E-state index is 12.2. The largest absolute Gasteiger partial charge is 0.457 e. The van der Waals surface area contributed by atoms with Crippen LogP contribution in [0, 0.1) is 0 Å². The van der Waals surface area contributed by atoms with Gasteiger partial charge in [0.2, 0.25) is 0 Å². The molecule has 2 aromatic rings. The number of carbonyl (C=O) groups excluding carboxylic acids is 4. The van der Waals surface area contributed by atoms with Crippen LogP contribution in [0.3, 0.4) is 0 Å². The molecule has 0 saturated carbocycles. The maximum absolute atomic E-state index is 12.2. The normalized spacial score (nSPS) is 10.2. The predicted molar refractivity (Wildman–Crippen MR) is 93.0 cm³/mol. The second-order valence-electron chi connectivity index (χ2n) is 5.69. The van der Waals surface area contributed by atoms with E-state index in [2.05, 4.69) is 0 Å². The van der Waals surface area contributed by atoms with Gasteiger partial charge in [0.15, 0.2) is 23.1 Å². The third-order valence-electron chi connectivity index (χ3n) is 3.70. The van der Waals surface area contributed by atoms with Gasteiger partial charge in [-0.2, -0.15) is 0 Å². The minimum absolute atomic E-state index is 0.00607. The molecule has 0 bridgehead atoms. The molecular weight excluding hydrogens is 320 g/mol. The van der Waals surface area contributed by atoms with Crippen LogP contribution in [0.1, 0.15) is 69.1 Å². The molecule has 2 aromatic carbocycles. The van der Waals surface area contributed by atoms with Crippen molar-refractivity contribution in [3.63, 3.8) is 0 Å². The van der Waals surface area contributed by atoms with Gasteiger partial charge in [-0.05, 0) is 45.9 Å². The van der Waals surface area contributed by atoms with E-state index in [1.54, 1.807) is 30.3 Å². The van der Waals surface area contributed by atoms with Crippen LogP contribution >= 0.6 is 0 Å². The van der Waals surface area contributed by atoms with Crippen LogP contribution in [-0.2, 0) is 0 Å². The van der Waals surface area contributed by atoms with Crippen molar-refractivity contribution in [2.24, 2.45) is 0 Å². The molecule has 0 saturated heterocycles. The quantitative estimate of drug-likeness (QED) is 0.734. The maximum Gasteiger partial charge on any atom is 0.164 e. The van der Waals surface area contributed by atoms with E-state index < -0.39 is 17.3 Å². The topological polar surface area (TPSA) is 77.5 Å². The van der Waals surface area contributed by atoms with E-state index in [-0.39, 0.29) is 33.8 Å². The zero-order chi connectivity index (χ0) is 18.7. The molecule has 5 heteroatoms. The summed E-state index contributed by atoms with van der Waals surface area (Å²) >= 11 is 0. The van der Waals surface area contributed by atoms with Crippen molar-refractivity contribution in [2.75, 3.05) is 0 Å². The van der Waals surface area contributed by atoms with Gasteiger partial charge in [0.1, 0.15) is 11.5 Å². The van der Waals surface area contributed by atoms with Crippen molar-refractivity contribution in [1.29, 1.82) is 0 Å². The first-order valence-electron chi connectivity index (χ1n) is 7.71. The molecular formula is C20H18O5. The number of ether oxygens (including phenoxy) is 1. The summed E-state index contributed by atoms with van der Waals surface area (Å²) in [4.78, 5) is 48.5. The van der Waals surface area contributed by atoms with Crippen molar-refractivity contribution in [3.05, 3.63) is 58.7 Å². The molecule has 0 aromatic heterocycles. The molecule has 0 fully saturated rings. The van der Waals surface area contributed by atoms with Crippen LogP contribution < -0.4 is 4.74 Å². The molecule has 0 unspecified atom stereocenters. The van der Waals surface area contributed by atoms with Gasteiger partial charge >= 0.3 is 0 Å². The standard InChI is InChI=1S/C20H18O5/c1-11(21)16-10-17(25-15-8-6-5-7-9-15)19(13(3)23)20(14(4)24)18(16)12(2)22/h5-10H,1-4H3. The highest BCUT2D eigenvalue weighted by Crippen LogP contribution is 2.34. The Kier molecular flexibility index (Phi) is 5.27. The lowest BCUT2D eigenvalue weighted by Gasteiger charge is -2.17. The Hall–Kier alpha value is -3.08. The number of Topliss-reactive ketones (excluding diaryl/α,β-unsaturated/α-hetero) is 4. The van der Waals surface area contributed by atoms with E-state index in [1.807, 2.05) is 0 Å². The minimum Gasteiger partial charge on any atom is -0.457 e. The van der Waals surface area contributed by atoms with Gasteiger partial charge in [0.25, 0.3) is 0 Å². The summed E-state index contributed by atoms with van der Waals surface area (Å²) < 4.78 is 5.75. The van der Waals surface area contributed by atoms with Crippen LogP contribution in [0.2, 0.25) is 0 Å². The molecule has 0 radical (unpaired) electrons. The molecule has 5 nitrogen and oxygen atoms in total. The third-order valence-corrected chi connectivity index (χ3v) is 3.70. The highest BCUT2D eigenvalue weighted by Gasteiger charge is 2.28. The zero-order valence-corrected chi connectivity index (χ0v) is 14.5. The molecule has 0 atom stereocenters. The van der Waals surface area contributed by atoms with Gasteiger partial charge in [0, 0.05) is 16.7 Å². The summed E-state index contributed by atoms with van der Waals surface area (Å²) in [6, 6.07) is 10.0. The smallest absolute Gasteiger partial charge is 0.164 e. The summed E-state index contributed by atoms with van der Waals surface area (Å²) in [6.45, 7) is 5.10. The molecule has 25 heavy (non-hydrogen) atoms. The molecule has 2 rings (SSSR count). The molecule has 0 aliphatic heterocycles. The van der Waals surface area contributed by atoms with Gasteiger partial charge in [-0.25, -0.2) is 0 Å². The first-order chi connectivity index (χ1) is 11.7. The Morgan fingerprint density at radius 1 is 0.680 bits per heavy atom. The van der Waals surface area contributed by atoms with E-state index in [1.165, 1.54) is 33.8 Å². The fourth-order valence-electron chi connectivity index (χ4n) is 2.70. The first-order valence-corrected chi connectivity index (χ1v) is 7.71. The van der Waals surface area contributed by atoms with Crippen LogP contribution in [0.5, 0.6) is 11.5 Å². The van der Waals surface area contributed by atoms with E-state index >= 15 is 0 Å². The second-order valence-corrected chi connectivity index (χ2v) is 5.69. The molecule has 0 amide bonds. The van der Waals surface area contributed by atoms with Crippen LogP contribution in [0.25, 0.3) is 0 Å². The summed E-state index contributed by atoms with van der Waals surface area (Å²) in [5, 5.41) is 0. The average Bonchev–Trinajstić information content (AvgIpc) is 2.53. The summed E-state index contributed by atoms with van der Waals surface area (Å²) in [5.41, 5.74) is -0.0376. The Bertz CT molecular complexity index is 879. The predicted octanol–water partition coefficient (Wildman–Crippen LogP) is 4.29. The van der Waals surface area contributed by atoms with Crippen LogP contribution in [-0.4, -0.2) is 23.1 Å². The highest BCUT2D eigenvalue weighted by atomic mass is 16.5. The van der Waals surface area contributed by atoms with Gasteiger partial charge in [-0.3, -0.25) is 19.2 Å². The number of para-hydroxylation sites is 1. The number of ketones is 4. The number of hydrogen-bond donors (Lipinski definition) is 0. The van der Waals surface area contributed by atoms with Crippen molar-refractivity contribution in [3.8, 4) is 11.5 Å². The molecule has 0 N–H and O–H groups in total. The summed E-state index contributed by atoms with van der Waals surface area (Å²) in [7, 11) is 0. The zero-order valence-electron chi connectivity index (χ0n) is 14.5. The van der Waals surface area contributed by atoms with E-state index in [4.69, 9.17) is 4.74 Å². The monoisotopic (exact) mass is 338 g/mol. The van der Waals surface area contributed by atoms with E-state index in [9.17, 15) is 19.2 Å². The molecule has 0 aliphatic carbocycles. The number of rotatable bonds is 6. The minimum atomic E-state index is -0.476. The lowest BCUT2D eigenvalue weighted by Crippen LogP contribution is -2.17. The number of carbonyl (C=O) groups is 4. The fourth-order valence-corrected chi connectivity index (χ4v) is 2.70. The Morgan fingerprint density at radius 2 is 1.20 bits per heavy atom. The second kappa shape index (κ2) is 7.21. The summed E-state index contributed by atoms with van der Waals surface area (Å²) in [6.07, 6.45) is 0. The van der Waals surface area contributed by atoms with Crippen molar-refractivity contribution in [2.45, 2.75) is 27.7 Å². The van der Waals surface area contributed by atoms with Crippen molar-refractivity contribution >= 4 is 23.1 Å². The number of hydrogen-bond acceptors (Lipinski definition) is 5. The highest BCUT2D eigenvalue weighted by molar-refractivity contribution is 6.19. The Morgan fingerprint density at radius 3 is 1.64 bits per heavy atom. The van der Waals surface area contributed by atoms with E-state index in [0.29, 0.717) is 5.75 Å². The van der Waals surface area contributed by atoms with Gasteiger partial charge in [-0.1, -0.05) is 18.2 Å². The van der Waals surface area contributed by atoms with Crippen LogP contribution in [0.15, 0.2) is 36.4 Å². The molecule has 0 heterocycles. The van der Waals surface area contributed by atoms with Crippen molar-refractivity contribution in [1.82, 2.24) is 0 Å². The van der Waals surface area contributed by atoms with Gasteiger partial charge in [-0.15, -0.1) is 0 Å². The lowest BCUT2D eigenvalue weighted by molar-refractivity contribution is 0.0957. The molecule has 128 valence electrons. The average molecular weight is 338 g/mol. The fraction of sp³-hybridized carbons (Fsp3) is 0.200. The molecule has 0 aliphatic rings. The third kappa shape index (κ3) is 3.71. The SMILES string of the molecule is CC(=O)c1cc(Oc2ccccc2)c(C(C)=O)c(C(C)=O)c1C(C)=O. The number of benzene rings is 2. The Labute approximate surface area is 145 Å². The van der Waals surface area contributed by atoms with Gasteiger partial charge < -0.3 is 4.74 Å². The van der Waals surface area contributed by atoms with Gasteiger partial charge in [0.05, 0.1) is 5.56 Å². The van der Waals surface area contributed by atoms with Crippen molar-refractivity contribution < 1.29 is 23.9 Å². The van der Waals surface area contributed by atoms with Crippen LogP contribution in [0.4, 0.5) is 0 Å². The van der Waals surface area contributed by atoms with E-state index in [0.717, 1.165) is 0 Å². The summed E-state index contributed by atoms with van der Waals surface area (Å²) in [5.74, 6) is -1.21. The molecule has 0 spiro atoms. The Balaban J connectivity index is 2.87. The first kappa shape index (κ1) is 18.3. The lowest BCUT2D eigenvalue weighted by atomic mass is 9.87.